The Morgan fingerprint density at radius 1 is 1.16 bits per heavy atom. The fourth-order valence-corrected chi connectivity index (χ4v) is 6.33. The van der Waals surface area contributed by atoms with Crippen LogP contribution in [-0.4, -0.2) is 100 Å². The summed E-state index contributed by atoms with van der Waals surface area (Å²) in [7, 11) is 1.09. The van der Waals surface area contributed by atoms with Gasteiger partial charge in [0.05, 0.1) is 5.56 Å². The molecule has 4 rings (SSSR count). The van der Waals surface area contributed by atoms with Gasteiger partial charge in [0.15, 0.2) is 5.82 Å². The lowest BCUT2D eigenvalue weighted by Crippen LogP contribution is -2.62. The van der Waals surface area contributed by atoms with Crippen LogP contribution in [0, 0.1) is 17.2 Å². The van der Waals surface area contributed by atoms with Crippen LogP contribution in [0.2, 0.25) is 0 Å². The van der Waals surface area contributed by atoms with Gasteiger partial charge in [-0.05, 0) is 71.2 Å². The van der Waals surface area contributed by atoms with Crippen LogP contribution in [0.1, 0.15) is 64.2 Å². The molecule has 238 valence electrons. The van der Waals surface area contributed by atoms with E-state index in [4.69, 9.17) is 4.74 Å². The van der Waals surface area contributed by atoms with Gasteiger partial charge in [0.2, 0.25) is 0 Å². The molecular weight excluding hydrogens is 566 g/mol. The summed E-state index contributed by atoms with van der Waals surface area (Å²) in [4.78, 5) is 24.3. The second kappa shape index (κ2) is 13.3. The Morgan fingerprint density at radius 2 is 1.88 bits per heavy atom. The molecule has 1 aromatic heterocycles. The molecule has 1 spiro atoms. The maximum Gasteiger partial charge on any atom is 0.459 e. The van der Waals surface area contributed by atoms with Crippen LogP contribution in [0.25, 0.3) is 0 Å². The zero-order valence-corrected chi connectivity index (χ0v) is 25.9. The standard InChI is InChI=1S/C30H43F4N7O2/c1-7-41(21(4)5)28(42)23-15-22(31)10-11-25(23)43-27-26(35-19-36-37-27)39-14-12-29(16-39)17-40(18-29)24(20(2)3)9-8-13-38(6)30(32,33)34/h10-11,15,19-21,24H,7-9,12-14,16-18H2,1-6H3. The van der Waals surface area contributed by atoms with Crippen molar-refractivity contribution in [3.05, 3.63) is 35.9 Å². The highest BCUT2D eigenvalue weighted by Gasteiger charge is 2.50. The van der Waals surface area contributed by atoms with Gasteiger partial charge >= 0.3 is 6.30 Å². The number of hydrogen-bond acceptors (Lipinski definition) is 8. The number of likely N-dealkylation sites (tertiary alicyclic amines) is 1. The average molecular weight is 610 g/mol. The third-order valence-electron chi connectivity index (χ3n) is 8.65. The van der Waals surface area contributed by atoms with Crippen LogP contribution >= 0.6 is 0 Å². The summed E-state index contributed by atoms with van der Waals surface area (Å²) in [5.41, 5.74) is 0.134. The molecule has 0 saturated carbocycles. The molecule has 0 aliphatic carbocycles. The van der Waals surface area contributed by atoms with Crippen molar-refractivity contribution in [2.24, 2.45) is 11.3 Å². The Hall–Kier alpha value is -3.06. The van der Waals surface area contributed by atoms with Gasteiger partial charge in [-0.25, -0.2) is 14.3 Å². The Bertz CT molecular complexity index is 1250. The van der Waals surface area contributed by atoms with E-state index >= 15 is 0 Å². The lowest BCUT2D eigenvalue weighted by molar-refractivity contribution is -0.236. The number of hydrogen-bond donors (Lipinski definition) is 0. The first-order valence-corrected chi connectivity index (χ1v) is 15.0. The third kappa shape index (κ3) is 7.54. The van der Waals surface area contributed by atoms with E-state index in [1.54, 1.807) is 4.90 Å². The minimum atomic E-state index is -4.31. The van der Waals surface area contributed by atoms with Gasteiger partial charge in [0.1, 0.15) is 17.9 Å². The molecule has 2 aromatic rings. The van der Waals surface area contributed by atoms with E-state index in [-0.39, 0.29) is 47.1 Å². The summed E-state index contributed by atoms with van der Waals surface area (Å²) in [6, 6.07) is 3.96. The van der Waals surface area contributed by atoms with Gasteiger partial charge in [-0.2, -0.15) is 13.2 Å². The minimum Gasteiger partial charge on any atom is -0.434 e. The number of ether oxygens (including phenoxy) is 1. The zero-order valence-electron chi connectivity index (χ0n) is 25.9. The molecule has 9 nitrogen and oxygen atoms in total. The van der Waals surface area contributed by atoms with Crippen LogP contribution in [-0.2, 0) is 0 Å². The Morgan fingerprint density at radius 3 is 2.51 bits per heavy atom. The summed E-state index contributed by atoms with van der Waals surface area (Å²) >= 11 is 0. The van der Waals surface area contributed by atoms with Crippen LogP contribution in [0.5, 0.6) is 11.6 Å². The van der Waals surface area contributed by atoms with Crippen molar-refractivity contribution in [1.82, 2.24) is 29.9 Å². The molecule has 0 bridgehead atoms. The highest BCUT2D eigenvalue weighted by atomic mass is 19.4. The highest BCUT2D eigenvalue weighted by Crippen LogP contribution is 2.44. The van der Waals surface area contributed by atoms with Crippen LogP contribution < -0.4 is 9.64 Å². The number of halogens is 4. The highest BCUT2D eigenvalue weighted by molar-refractivity contribution is 5.97. The first-order valence-electron chi connectivity index (χ1n) is 15.0. The van der Waals surface area contributed by atoms with Crippen molar-refractivity contribution >= 4 is 11.7 Å². The molecule has 2 aliphatic heterocycles. The van der Waals surface area contributed by atoms with Gasteiger partial charge in [-0.15, -0.1) is 10.2 Å². The van der Waals surface area contributed by atoms with Gasteiger partial charge in [-0.3, -0.25) is 9.69 Å². The normalized spacial score (nSPS) is 17.7. The first kappa shape index (κ1) is 32.8. The topological polar surface area (TPSA) is 77.9 Å². The molecule has 1 unspecified atom stereocenters. The van der Waals surface area contributed by atoms with E-state index < -0.39 is 12.1 Å². The lowest BCUT2D eigenvalue weighted by atomic mass is 9.76. The molecule has 13 heteroatoms. The van der Waals surface area contributed by atoms with Crippen molar-refractivity contribution < 1.29 is 27.1 Å². The van der Waals surface area contributed by atoms with Crippen LogP contribution in [0.4, 0.5) is 23.4 Å². The van der Waals surface area contributed by atoms with Gasteiger partial charge in [0.25, 0.3) is 11.8 Å². The number of alkyl halides is 3. The fraction of sp³-hybridized carbons (Fsp3) is 0.667. The summed E-state index contributed by atoms with van der Waals surface area (Å²) in [5.74, 6) is 0.247. The first-order chi connectivity index (χ1) is 20.2. The number of rotatable bonds is 12. The molecule has 2 saturated heterocycles. The maximum atomic E-state index is 14.2. The van der Waals surface area contributed by atoms with Crippen molar-refractivity contribution in [3.63, 3.8) is 0 Å². The SMILES string of the molecule is CCN(C(=O)c1cc(F)ccc1Oc1nncnc1N1CCC2(C1)CN(C(CCCN(C)C(F)(F)F)C(C)C)C2)C(C)C. The Balaban J connectivity index is 1.44. The largest absolute Gasteiger partial charge is 0.459 e. The number of anilines is 1. The Kier molecular flexibility index (Phi) is 10.2. The van der Waals surface area contributed by atoms with E-state index in [2.05, 4.69) is 38.8 Å². The summed E-state index contributed by atoms with van der Waals surface area (Å²) < 4.78 is 59.0. The van der Waals surface area contributed by atoms with Gasteiger partial charge in [0, 0.05) is 56.8 Å². The predicted octanol–water partition coefficient (Wildman–Crippen LogP) is 5.44. The number of carbonyl (C=O) groups excluding carboxylic acids is 1. The van der Waals surface area contributed by atoms with Gasteiger partial charge < -0.3 is 14.5 Å². The second-order valence-corrected chi connectivity index (χ2v) is 12.4. The molecule has 3 heterocycles. The van der Waals surface area contributed by atoms with E-state index in [0.29, 0.717) is 42.6 Å². The minimum absolute atomic E-state index is 0.0156. The van der Waals surface area contributed by atoms with Gasteiger partial charge in [-0.1, -0.05) is 13.8 Å². The molecule has 2 fully saturated rings. The average Bonchev–Trinajstić information content (AvgIpc) is 3.37. The maximum absolute atomic E-state index is 14.2. The number of amides is 1. The molecule has 1 aromatic carbocycles. The van der Waals surface area contributed by atoms with Crippen LogP contribution in [0.15, 0.2) is 24.5 Å². The molecule has 0 N–H and O–H groups in total. The summed E-state index contributed by atoms with van der Waals surface area (Å²) in [6.45, 7) is 13.5. The molecular formula is C30H43F4N7O2. The molecule has 1 atom stereocenters. The number of benzene rings is 1. The number of carbonyl (C=O) groups is 1. The summed E-state index contributed by atoms with van der Waals surface area (Å²) in [6.07, 6.45) is -0.854. The smallest absolute Gasteiger partial charge is 0.434 e. The predicted molar refractivity (Wildman–Crippen MR) is 156 cm³/mol. The molecule has 1 amide bonds. The number of nitrogens with zero attached hydrogens (tertiary/aromatic N) is 7. The van der Waals surface area contributed by atoms with Crippen molar-refractivity contribution in [3.8, 4) is 11.6 Å². The van der Waals surface area contributed by atoms with E-state index in [0.717, 1.165) is 33.1 Å². The van der Waals surface area contributed by atoms with E-state index in [9.17, 15) is 22.4 Å². The quantitative estimate of drug-likeness (QED) is 0.233. The monoisotopic (exact) mass is 609 g/mol. The molecule has 43 heavy (non-hydrogen) atoms. The second-order valence-electron chi connectivity index (χ2n) is 12.4. The summed E-state index contributed by atoms with van der Waals surface area (Å²) in [5, 5.41) is 8.08. The lowest BCUT2D eigenvalue weighted by Gasteiger charge is -2.53. The Labute approximate surface area is 251 Å². The van der Waals surface area contributed by atoms with Crippen molar-refractivity contribution in [2.45, 2.75) is 72.3 Å². The number of aromatic nitrogens is 3. The third-order valence-corrected chi connectivity index (χ3v) is 8.65. The van der Waals surface area contributed by atoms with Crippen molar-refractivity contribution in [2.75, 3.05) is 51.2 Å². The molecule has 2 aliphatic rings. The molecule has 0 radical (unpaired) electrons. The van der Waals surface area contributed by atoms with E-state index in [1.165, 1.54) is 24.5 Å². The van der Waals surface area contributed by atoms with E-state index in [1.807, 2.05) is 20.8 Å². The van der Waals surface area contributed by atoms with Crippen LogP contribution in [0.3, 0.4) is 0 Å². The van der Waals surface area contributed by atoms with Crippen molar-refractivity contribution in [1.29, 1.82) is 0 Å². The zero-order chi connectivity index (χ0) is 31.5. The fourth-order valence-electron chi connectivity index (χ4n) is 6.33.